The lowest BCUT2D eigenvalue weighted by Crippen LogP contribution is -2.18. The number of aromatic hydroxyl groups is 1. The van der Waals surface area contributed by atoms with Crippen LogP contribution < -0.4 is 5.43 Å². The fourth-order valence-corrected chi connectivity index (χ4v) is 3.21. The van der Waals surface area contributed by atoms with Crippen LogP contribution in [0.5, 0.6) is 5.88 Å². The van der Waals surface area contributed by atoms with E-state index in [-0.39, 0.29) is 11.8 Å². The largest absolute Gasteiger partial charge is 0.492 e. The van der Waals surface area contributed by atoms with Crippen molar-refractivity contribution in [2.24, 2.45) is 4.99 Å². The first-order valence-electron chi connectivity index (χ1n) is 6.14. The van der Waals surface area contributed by atoms with Crippen LogP contribution in [0.25, 0.3) is 11.6 Å². The lowest BCUT2D eigenvalue weighted by molar-refractivity contribution is -0.115. The van der Waals surface area contributed by atoms with Gasteiger partial charge in [-0.2, -0.15) is 4.68 Å². The van der Waals surface area contributed by atoms with Gasteiger partial charge in [-0.05, 0) is 24.4 Å². The Labute approximate surface area is 129 Å². The van der Waals surface area contributed by atoms with Crippen molar-refractivity contribution in [2.45, 2.75) is 6.92 Å². The van der Waals surface area contributed by atoms with Crippen LogP contribution in [-0.2, 0) is 4.79 Å². The van der Waals surface area contributed by atoms with Gasteiger partial charge in [0.25, 0.3) is 0 Å². The SMILES string of the molecule is CC(=O)Nn1c(O)c(/C=C2\C=Nc3ccccc32)sc1=S. The molecule has 2 N–H and O–H groups in total. The van der Waals surface area contributed by atoms with Crippen LogP contribution in [0.1, 0.15) is 17.4 Å². The standard InChI is InChI=1S/C14H11N3O2S2/c1-8(18)16-17-13(19)12(21-14(17)20)6-9-7-15-11-5-3-2-4-10(9)11/h2-7,19H,1H3,(H,16,18)/b9-6+. The van der Waals surface area contributed by atoms with E-state index >= 15 is 0 Å². The molecule has 0 unspecified atom stereocenters. The highest BCUT2D eigenvalue weighted by Crippen LogP contribution is 2.35. The van der Waals surface area contributed by atoms with Crippen molar-refractivity contribution < 1.29 is 9.90 Å². The van der Waals surface area contributed by atoms with Crippen LogP contribution >= 0.6 is 23.6 Å². The number of para-hydroxylation sites is 1. The van der Waals surface area contributed by atoms with Gasteiger partial charge >= 0.3 is 0 Å². The summed E-state index contributed by atoms with van der Waals surface area (Å²) in [7, 11) is 0. The lowest BCUT2D eigenvalue weighted by Gasteiger charge is -2.03. The number of aliphatic imine (C=N–C) groups is 1. The minimum absolute atomic E-state index is 0.0783. The van der Waals surface area contributed by atoms with Crippen LogP contribution in [-0.4, -0.2) is 21.9 Å². The summed E-state index contributed by atoms with van der Waals surface area (Å²) in [5.41, 5.74) is 5.27. The molecule has 2 aromatic rings. The van der Waals surface area contributed by atoms with Gasteiger partial charge < -0.3 is 5.11 Å². The van der Waals surface area contributed by atoms with E-state index in [1.54, 1.807) is 6.21 Å². The molecule has 0 atom stereocenters. The van der Waals surface area contributed by atoms with Gasteiger partial charge in [0.05, 0.1) is 10.6 Å². The monoisotopic (exact) mass is 317 g/mol. The average Bonchev–Trinajstić information content (AvgIpc) is 2.96. The molecule has 5 nitrogen and oxygen atoms in total. The molecule has 2 heterocycles. The molecule has 1 aromatic carbocycles. The van der Waals surface area contributed by atoms with E-state index in [9.17, 15) is 9.90 Å². The molecule has 3 rings (SSSR count). The summed E-state index contributed by atoms with van der Waals surface area (Å²) in [4.78, 5) is 16.0. The second-order valence-corrected chi connectivity index (χ2v) is 6.11. The highest BCUT2D eigenvalue weighted by molar-refractivity contribution is 7.73. The Morgan fingerprint density at radius 2 is 2.24 bits per heavy atom. The molecular formula is C14H11N3O2S2. The third kappa shape index (κ3) is 2.53. The van der Waals surface area contributed by atoms with Crippen molar-refractivity contribution in [1.29, 1.82) is 0 Å². The topological polar surface area (TPSA) is 66.6 Å². The molecule has 1 aliphatic rings. The predicted octanol–water partition coefficient (Wildman–Crippen LogP) is 3.33. The number of allylic oxidation sites excluding steroid dienone is 1. The fourth-order valence-electron chi connectivity index (χ4n) is 2.03. The number of benzene rings is 1. The van der Waals surface area contributed by atoms with Crippen molar-refractivity contribution in [2.75, 3.05) is 5.43 Å². The van der Waals surface area contributed by atoms with Gasteiger partial charge in [0.1, 0.15) is 0 Å². The van der Waals surface area contributed by atoms with Crippen LogP contribution in [0.4, 0.5) is 5.69 Å². The third-order valence-corrected chi connectivity index (χ3v) is 4.24. The van der Waals surface area contributed by atoms with Crippen molar-refractivity contribution in [3.63, 3.8) is 0 Å². The van der Waals surface area contributed by atoms with Gasteiger partial charge in [-0.1, -0.05) is 29.5 Å². The number of hydrogen-bond donors (Lipinski definition) is 2. The van der Waals surface area contributed by atoms with Gasteiger partial charge in [-0.3, -0.25) is 15.2 Å². The minimum atomic E-state index is -0.300. The molecule has 0 saturated carbocycles. The Kier molecular flexibility index (Phi) is 3.44. The zero-order chi connectivity index (χ0) is 15.0. The van der Waals surface area contributed by atoms with Gasteiger partial charge in [-0.25, -0.2) is 0 Å². The maximum atomic E-state index is 11.1. The summed E-state index contributed by atoms with van der Waals surface area (Å²) in [5, 5.41) is 10.2. The Hall–Kier alpha value is -2.25. The van der Waals surface area contributed by atoms with E-state index in [4.69, 9.17) is 12.2 Å². The molecule has 0 aliphatic carbocycles. The average molecular weight is 317 g/mol. The molecule has 7 heteroatoms. The van der Waals surface area contributed by atoms with E-state index in [1.807, 2.05) is 30.3 Å². The Morgan fingerprint density at radius 1 is 1.48 bits per heavy atom. The second-order valence-electron chi connectivity index (χ2n) is 4.43. The molecule has 0 radical (unpaired) electrons. The highest BCUT2D eigenvalue weighted by atomic mass is 32.1. The number of nitrogens with zero attached hydrogens (tertiary/aromatic N) is 2. The number of rotatable bonds is 2. The molecular weight excluding hydrogens is 306 g/mol. The normalized spacial score (nSPS) is 14.4. The number of aromatic nitrogens is 1. The zero-order valence-corrected chi connectivity index (χ0v) is 12.7. The summed E-state index contributed by atoms with van der Waals surface area (Å²) >= 11 is 6.36. The molecule has 0 fully saturated rings. The van der Waals surface area contributed by atoms with Gasteiger partial charge in [0, 0.05) is 24.3 Å². The zero-order valence-electron chi connectivity index (χ0n) is 11.0. The third-order valence-electron chi connectivity index (χ3n) is 2.93. The summed E-state index contributed by atoms with van der Waals surface area (Å²) in [6.07, 6.45) is 3.55. The Morgan fingerprint density at radius 3 is 3.00 bits per heavy atom. The first kappa shape index (κ1) is 13.7. The van der Waals surface area contributed by atoms with Crippen LogP contribution in [0.15, 0.2) is 29.3 Å². The van der Waals surface area contributed by atoms with Crippen LogP contribution in [0, 0.1) is 3.95 Å². The predicted molar refractivity (Wildman–Crippen MR) is 87.3 cm³/mol. The Balaban J connectivity index is 2.04. The molecule has 1 amide bonds. The minimum Gasteiger partial charge on any atom is -0.492 e. The summed E-state index contributed by atoms with van der Waals surface area (Å²) < 4.78 is 1.57. The molecule has 0 saturated heterocycles. The van der Waals surface area contributed by atoms with E-state index in [0.717, 1.165) is 16.8 Å². The van der Waals surface area contributed by atoms with E-state index < -0.39 is 0 Å². The number of fused-ring (bicyclic) bond motifs is 1. The Bertz CT molecular complexity index is 846. The van der Waals surface area contributed by atoms with E-state index in [2.05, 4.69) is 10.4 Å². The van der Waals surface area contributed by atoms with Crippen molar-refractivity contribution in [3.05, 3.63) is 38.7 Å². The number of hydrogen-bond acceptors (Lipinski definition) is 5. The van der Waals surface area contributed by atoms with Crippen molar-refractivity contribution in [1.82, 2.24) is 4.68 Å². The molecule has 0 spiro atoms. The van der Waals surface area contributed by atoms with Crippen molar-refractivity contribution >= 4 is 53.0 Å². The molecule has 106 valence electrons. The molecule has 1 aromatic heterocycles. The van der Waals surface area contributed by atoms with E-state index in [0.29, 0.717) is 8.83 Å². The first-order valence-corrected chi connectivity index (χ1v) is 7.36. The number of carbonyl (C=O) groups is 1. The van der Waals surface area contributed by atoms with Crippen LogP contribution in [0.2, 0.25) is 0 Å². The van der Waals surface area contributed by atoms with Gasteiger partial charge in [0.2, 0.25) is 11.8 Å². The summed E-state index contributed by atoms with van der Waals surface area (Å²) in [5.74, 6) is -0.378. The van der Waals surface area contributed by atoms with Crippen LogP contribution in [0.3, 0.4) is 0 Å². The van der Waals surface area contributed by atoms with Crippen molar-refractivity contribution in [3.8, 4) is 5.88 Å². The number of carbonyl (C=O) groups excluding carboxylic acids is 1. The highest BCUT2D eigenvalue weighted by Gasteiger charge is 2.15. The first-order chi connectivity index (χ1) is 10.1. The lowest BCUT2D eigenvalue weighted by atomic mass is 10.1. The second kappa shape index (κ2) is 5.27. The fraction of sp³-hybridized carbons (Fsp3) is 0.0714. The van der Waals surface area contributed by atoms with E-state index in [1.165, 1.54) is 22.9 Å². The number of thiazole rings is 1. The van der Waals surface area contributed by atoms with Gasteiger partial charge in [-0.15, -0.1) is 0 Å². The molecule has 21 heavy (non-hydrogen) atoms. The quantitative estimate of drug-likeness (QED) is 0.835. The number of nitrogens with one attached hydrogen (secondary N) is 1. The molecule has 0 bridgehead atoms. The maximum absolute atomic E-state index is 11.1. The maximum Gasteiger partial charge on any atom is 0.235 e. The number of amides is 1. The summed E-state index contributed by atoms with van der Waals surface area (Å²) in [6, 6.07) is 7.76. The van der Waals surface area contributed by atoms with Gasteiger partial charge in [0.15, 0.2) is 3.95 Å². The summed E-state index contributed by atoms with van der Waals surface area (Å²) in [6.45, 7) is 1.36. The smallest absolute Gasteiger partial charge is 0.235 e. The molecule has 1 aliphatic heterocycles.